The van der Waals surface area contributed by atoms with Crippen molar-refractivity contribution in [2.45, 2.75) is 12.5 Å². The normalized spacial score (nSPS) is 14.7. The van der Waals surface area contributed by atoms with E-state index in [0.717, 1.165) is 67.1 Å². The number of hydrogen-bond donors (Lipinski definition) is 0. The lowest BCUT2D eigenvalue weighted by atomic mass is 9.97. The number of rotatable bonds is 4. The Kier molecular flexibility index (Phi) is 6.53. The van der Waals surface area contributed by atoms with Crippen LogP contribution in [0.4, 0.5) is 0 Å². The monoisotopic (exact) mass is 742 g/mol. The van der Waals surface area contributed by atoms with Crippen molar-refractivity contribution in [3.8, 4) is 16.8 Å². The van der Waals surface area contributed by atoms with Crippen molar-refractivity contribution >= 4 is 93.1 Å². The van der Waals surface area contributed by atoms with Gasteiger partial charge in [0.25, 0.3) is 0 Å². The minimum atomic E-state index is 0.165. The molecule has 272 valence electrons. The first kappa shape index (κ1) is 31.6. The summed E-state index contributed by atoms with van der Waals surface area (Å²) in [6, 6.07) is 61.2. The van der Waals surface area contributed by atoms with Crippen molar-refractivity contribution in [2.75, 3.05) is 0 Å². The third kappa shape index (κ3) is 4.57. The largest absolute Gasteiger partial charge is 0.456 e. The molecule has 0 spiro atoms. The summed E-state index contributed by atoms with van der Waals surface area (Å²) in [6.45, 7) is 0. The van der Waals surface area contributed by atoms with Crippen LogP contribution in [-0.4, -0.2) is 9.13 Å². The van der Waals surface area contributed by atoms with Gasteiger partial charge in [0.05, 0.1) is 22.6 Å². The second-order valence-corrected chi connectivity index (χ2v) is 15.6. The van der Waals surface area contributed by atoms with Crippen molar-refractivity contribution in [1.82, 2.24) is 9.13 Å². The first-order chi connectivity index (χ1) is 28.7. The third-order valence-corrected chi connectivity index (χ3v) is 12.4. The van der Waals surface area contributed by atoms with Crippen molar-refractivity contribution in [1.29, 1.82) is 0 Å². The van der Waals surface area contributed by atoms with E-state index in [0.29, 0.717) is 0 Å². The number of fused-ring (bicyclic) bond motifs is 12. The van der Waals surface area contributed by atoms with Crippen LogP contribution in [0.2, 0.25) is 0 Å². The average molecular weight is 743 g/mol. The lowest BCUT2D eigenvalue weighted by Gasteiger charge is -2.21. The summed E-state index contributed by atoms with van der Waals surface area (Å²) in [5.41, 5.74) is 14.3. The zero-order valence-electron chi connectivity index (χ0n) is 31.4. The van der Waals surface area contributed by atoms with Crippen molar-refractivity contribution in [3.63, 3.8) is 0 Å². The summed E-state index contributed by atoms with van der Waals surface area (Å²) in [5, 5.41) is 9.44. The predicted molar refractivity (Wildman–Crippen MR) is 241 cm³/mol. The quantitative estimate of drug-likeness (QED) is 0.180. The molecule has 1 aliphatic rings. The van der Waals surface area contributed by atoms with Gasteiger partial charge < -0.3 is 18.0 Å². The molecule has 4 nitrogen and oxygen atoms in total. The molecule has 4 heteroatoms. The van der Waals surface area contributed by atoms with Gasteiger partial charge in [-0.1, -0.05) is 115 Å². The maximum atomic E-state index is 6.60. The molecule has 0 fully saturated rings. The van der Waals surface area contributed by atoms with E-state index in [1.54, 1.807) is 0 Å². The number of allylic oxidation sites excluding steroid dienone is 4. The van der Waals surface area contributed by atoms with E-state index in [4.69, 9.17) is 8.83 Å². The molecule has 12 aromatic rings. The van der Waals surface area contributed by atoms with Crippen LogP contribution < -0.4 is 0 Å². The Morgan fingerprint density at radius 1 is 0.397 bits per heavy atom. The summed E-state index contributed by atoms with van der Waals surface area (Å²) in [4.78, 5) is 0. The number of nitrogens with zero attached hydrogens (tertiary/aromatic N) is 2. The molecule has 13 rings (SSSR count). The zero-order valence-corrected chi connectivity index (χ0v) is 31.4. The van der Waals surface area contributed by atoms with Gasteiger partial charge in [-0.25, -0.2) is 0 Å². The topological polar surface area (TPSA) is 36.1 Å². The predicted octanol–water partition coefficient (Wildman–Crippen LogP) is 14.9. The van der Waals surface area contributed by atoms with Gasteiger partial charge in [-0.05, 0) is 89.3 Å². The molecule has 0 amide bonds. The molecule has 0 bridgehead atoms. The van der Waals surface area contributed by atoms with Gasteiger partial charge >= 0.3 is 0 Å². The third-order valence-electron chi connectivity index (χ3n) is 12.4. The molecule has 1 atom stereocenters. The number of hydrogen-bond acceptors (Lipinski definition) is 2. The molecular formula is C54H34N2O2. The van der Waals surface area contributed by atoms with Crippen LogP contribution in [0.15, 0.2) is 197 Å². The second kappa shape index (κ2) is 12.0. The van der Waals surface area contributed by atoms with Gasteiger partial charge in [0.1, 0.15) is 22.3 Å². The molecule has 0 radical (unpaired) electrons. The number of furan rings is 2. The van der Waals surface area contributed by atoms with E-state index in [9.17, 15) is 0 Å². The Bertz CT molecular complexity index is 3700. The van der Waals surface area contributed by atoms with Crippen molar-refractivity contribution < 1.29 is 8.83 Å². The fourth-order valence-electron chi connectivity index (χ4n) is 9.72. The van der Waals surface area contributed by atoms with Crippen LogP contribution in [0, 0.1) is 0 Å². The summed E-state index contributed by atoms with van der Waals surface area (Å²) in [6.07, 6.45) is 7.93. The van der Waals surface area contributed by atoms with Crippen LogP contribution in [0.1, 0.15) is 18.0 Å². The van der Waals surface area contributed by atoms with E-state index in [-0.39, 0.29) is 6.04 Å². The molecule has 0 N–H and O–H groups in total. The van der Waals surface area contributed by atoms with Crippen LogP contribution in [0.25, 0.3) is 110 Å². The summed E-state index contributed by atoms with van der Waals surface area (Å²) >= 11 is 0. The lowest BCUT2D eigenvalue weighted by Crippen LogP contribution is -2.08. The Balaban J connectivity index is 0.989. The van der Waals surface area contributed by atoms with Gasteiger partial charge in [-0.3, -0.25) is 0 Å². The standard InChI is InChI=1S/C54H34N2O2/c1-3-11-33(12-4-1)34-19-23-38(24-20-34)56-48-25-21-35(27-41(48)43-30-45-40-16-8-10-18-51(40)57-53(45)32-50(43)56)36-22-26-52-44(28-36)46-29-42-39-15-7-9-17-47(39)55(37-13-5-2-6-14-37)49(42)31-54(46)58-52/h1-23,25-32,38H,24H2. The summed E-state index contributed by atoms with van der Waals surface area (Å²) in [7, 11) is 0. The van der Waals surface area contributed by atoms with E-state index in [1.807, 2.05) is 6.07 Å². The van der Waals surface area contributed by atoms with Gasteiger partial charge in [0.2, 0.25) is 0 Å². The Morgan fingerprint density at radius 2 is 1.00 bits per heavy atom. The number of aromatic nitrogens is 2. The molecule has 0 aliphatic heterocycles. The highest BCUT2D eigenvalue weighted by atomic mass is 16.3. The Morgan fingerprint density at radius 3 is 1.79 bits per heavy atom. The maximum Gasteiger partial charge on any atom is 0.137 e. The second-order valence-electron chi connectivity index (χ2n) is 15.6. The highest BCUT2D eigenvalue weighted by Crippen LogP contribution is 2.43. The molecular weight excluding hydrogens is 709 g/mol. The minimum absolute atomic E-state index is 0.165. The molecule has 8 aromatic carbocycles. The molecule has 4 aromatic heterocycles. The molecule has 0 saturated heterocycles. The molecule has 58 heavy (non-hydrogen) atoms. The van der Waals surface area contributed by atoms with Crippen LogP contribution in [0.5, 0.6) is 0 Å². The fraction of sp³-hybridized carbons (Fsp3) is 0.0370. The smallest absolute Gasteiger partial charge is 0.137 e. The van der Waals surface area contributed by atoms with Crippen molar-refractivity contribution in [2.24, 2.45) is 0 Å². The first-order valence-electron chi connectivity index (χ1n) is 20.0. The van der Waals surface area contributed by atoms with E-state index < -0.39 is 0 Å². The summed E-state index contributed by atoms with van der Waals surface area (Å²) in [5.74, 6) is 0. The van der Waals surface area contributed by atoms with Gasteiger partial charge in [-0.2, -0.15) is 0 Å². The molecule has 0 saturated carbocycles. The maximum absolute atomic E-state index is 6.60. The minimum Gasteiger partial charge on any atom is -0.456 e. The van der Waals surface area contributed by atoms with E-state index in [1.165, 1.54) is 54.8 Å². The van der Waals surface area contributed by atoms with E-state index in [2.05, 4.69) is 191 Å². The van der Waals surface area contributed by atoms with Gasteiger partial charge in [-0.15, -0.1) is 0 Å². The molecule has 1 unspecified atom stereocenters. The highest BCUT2D eigenvalue weighted by molar-refractivity contribution is 6.19. The van der Waals surface area contributed by atoms with Crippen LogP contribution >= 0.6 is 0 Å². The lowest BCUT2D eigenvalue weighted by molar-refractivity contribution is 0.647. The molecule has 1 aliphatic carbocycles. The average Bonchev–Trinajstić information content (AvgIpc) is 4.02. The van der Waals surface area contributed by atoms with E-state index >= 15 is 0 Å². The summed E-state index contributed by atoms with van der Waals surface area (Å²) < 4.78 is 17.9. The first-order valence-corrected chi connectivity index (χ1v) is 20.0. The number of para-hydroxylation sites is 3. The van der Waals surface area contributed by atoms with Gasteiger partial charge in [0.15, 0.2) is 0 Å². The van der Waals surface area contributed by atoms with Crippen molar-refractivity contribution in [3.05, 3.63) is 194 Å². The van der Waals surface area contributed by atoms with Crippen LogP contribution in [0.3, 0.4) is 0 Å². The Labute approximate surface area is 332 Å². The zero-order chi connectivity index (χ0) is 37.9. The highest BCUT2D eigenvalue weighted by Gasteiger charge is 2.22. The molecule has 4 heterocycles. The SMILES string of the molecule is C1=CC(n2c3ccc(-c4ccc5oc6cc7c(cc6c5c4)c4ccccc4n7-c4ccccc4)cc3c3cc4c(cc32)oc2ccccc24)CC=C1c1ccccc1. The Hall–Kier alpha value is -7.56. The van der Waals surface area contributed by atoms with Gasteiger partial charge in [0, 0.05) is 66.4 Å². The van der Waals surface area contributed by atoms with Crippen LogP contribution in [-0.2, 0) is 0 Å². The fourth-order valence-corrected chi connectivity index (χ4v) is 9.72. The number of benzene rings is 8.